The Hall–Kier alpha value is -3.15. The fraction of sp³-hybridized carbons (Fsp3) is 0.423. The number of anilines is 2. The average Bonchev–Trinajstić information content (AvgIpc) is 2.77. The molecule has 0 aliphatic heterocycles. The van der Waals surface area contributed by atoms with Gasteiger partial charge in [-0.2, -0.15) is 0 Å². The molecule has 0 heterocycles. The molecule has 2 aromatic carbocycles. The summed E-state index contributed by atoms with van der Waals surface area (Å²) >= 11 is 0. The number of amides is 3. The molecule has 1 fully saturated rings. The smallest absolute Gasteiger partial charge is 0.250 e. The molecule has 0 unspecified atom stereocenters. The van der Waals surface area contributed by atoms with Crippen molar-refractivity contribution in [3.63, 3.8) is 0 Å². The van der Waals surface area contributed by atoms with Gasteiger partial charge in [-0.25, -0.2) is 0 Å². The van der Waals surface area contributed by atoms with Gasteiger partial charge in [-0.3, -0.25) is 19.3 Å². The van der Waals surface area contributed by atoms with E-state index in [4.69, 9.17) is 0 Å². The number of hydrogen-bond donors (Lipinski definition) is 2. The van der Waals surface area contributed by atoms with Gasteiger partial charge in [0.25, 0.3) is 5.91 Å². The normalized spacial score (nSPS) is 15.0. The number of carbonyl (C=O) groups is 3. The van der Waals surface area contributed by atoms with E-state index in [0.29, 0.717) is 18.5 Å². The van der Waals surface area contributed by atoms with Crippen LogP contribution in [0.15, 0.2) is 42.5 Å². The predicted octanol–water partition coefficient (Wildman–Crippen LogP) is 4.42. The van der Waals surface area contributed by atoms with Crippen molar-refractivity contribution in [2.24, 2.45) is 0 Å². The van der Waals surface area contributed by atoms with Gasteiger partial charge in [-0.05, 0) is 56.9 Å². The highest BCUT2D eigenvalue weighted by Gasteiger charge is 2.48. The maximum absolute atomic E-state index is 13.9. The van der Waals surface area contributed by atoms with Crippen LogP contribution in [0.5, 0.6) is 0 Å². The average molecular weight is 436 g/mol. The fourth-order valence-corrected chi connectivity index (χ4v) is 4.53. The van der Waals surface area contributed by atoms with Gasteiger partial charge in [-0.15, -0.1) is 0 Å². The molecule has 1 saturated carbocycles. The molecule has 3 amide bonds. The Balaban J connectivity index is 2.06. The summed E-state index contributed by atoms with van der Waals surface area (Å²) in [7, 11) is 0. The molecule has 0 spiro atoms. The Bertz CT molecular complexity index is 972. The Kier molecular flexibility index (Phi) is 7.33. The van der Waals surface area contributed by atoms with Crippen LogP contribution in [0, 0.1) is 20.8 Å². The minimum atomic E-state index is -1.02. The highest BCUT2D eigenvalue weighted by molar-refractivity contribution is 6.09. The maximum Gasteiger partial charge on any atom is 0.250 e. The van der Waals surface area contributed by atoms with Crippen molar-refractivity contribution in [1.82, 2.24) is 5.32 Å². The molecular formula is C26H33N3O3. The van der Waals surface area contributed by atoms with Crippen molar-refractivity contribution in [1.29, 1.82) is 0 Å². The van der Waals surface area contributed by atoms with Crippen molar-refractivity contribution in [2.75, 3.05) is 16.8 Å². The molecule has 170 valence electrons. The van der Waals surface area contributed by atoms with Gasteiger partial charge in [0, 0.05) is 18.3 Å². The third-order valence-electron chi connectivity index (χ3n) is 6.28. The zero-order chi connectivity index (χ0) is 23.3. The molecular weight excluding hydrogens is 402 g/mol. The van der Waals surface area contributed by atoms with Crippen LogP contribution < -0.4 is 15.5 Å². The number of hydrogen-bond acceptors (Lipinski definition) is 3. The Morgan fingerprint density at radius 1 is 0.906 bits per heavy atom. The van der Waals surface area contributed by atoms with Crippen LogP contribution >= 0.6 is 0 Å². The predicted molar refractivity (Wildman–Crippen MR) is 128 cm³/mol. The Morgan fingerprint density at radius 3 is 2.06 bits per heavy atom. The minimum absolute atomic E-state index is 0.151. The molecule has 6 nitrogen and oxygen atoms in total. The summed E-state index contributed by atoms with van der Waals surface area (Å²) in [6.45, 7) is 7.15. The lowest BCUT2D eigenvalue weighted by atomic mass is 9.78. The van der Waals surface area contributed by atoms with Gasteiger partial charge in [0.1, 0.15) is 5.54 Å². The van der Waals surface area contributed by atoms with E-state index in [9.17, 15) is 14.4 Å². The van der Waals surface area contributed by atoms with Crippen molar-refractivity contribution < 1.29 is 14.4 Å². The molecule has 1 aliphatic rings. The van der Waals surface area contributed by atoms with Crippen LogP contribution in [0.25, 0.3) is 0 Å². The molecule has 0 bridgehead atoms. The van der Waals surface area contributed by atoms with E-state index in [1.54, 1.807) is 4.90 Å². The number of carbonyl (C=O) groups excluding carboxylic acids is 3. The zero-order valence-corrected chi connectivity index (χ0v) is 19.5. The first-order valence-electron chi connectivity index (χ1n) is 11.3. The molecule has 0 atom stereocenters. The van der Waals surface area contributed by atoms with Gasteiger partial charge < -0.3 is 10.6 Å². The Labute approximate surface area is 190 Å². The third kappa shape index (κ3) is 5.01. The molecule has 1 aliphatic carbocycles. The van der Waals surface area contributed by atoms with Crippen LogP contribution in [0.3, 0.4) is 0 Å². The van der Waals surface area contributed by atoms with E-state index in [0.717, 1.165) is 41.6 Å². The van der Waals surface area contributed by atoms with Crippen LogP contribution in [-0.2, 0) is 14.4 Å². The summed E-state index contributed by atoms with van der Waals surface area (Å²) in [5.74, 6) is -0.742. The van der Waals surface area contributed by atoms with Crippen molar-refractivity contribution in [3.8, 4) is 0 Å². The molecule has 6 heteroatoms. The summed E-state index contributed by atoms with van der Waals surface area (Å²) in [4.78, 5) is 40.5. The van der Waals surface area contributed by atoms with E-state index in [-0.39, 0.29) is 24.3 Å². The monoisotopic (exact) mass is 435 g/mol. The molecule has 2 N–H and O–H groups in total. The van der Waals surface area contributed by atoms with Gasteiger partial charge in [0.15, 0.2) is 0 Å². The van der Waals surface area contributed by atoms with Crippen LogP contribution in [0.1, 0.15) is 55.7 Å². The van der Waals surface area contributed by atoms with Crippen molar-refractivity contribution in [3.05, 3.63) is 59.2 Å². The van der Waals surface area contributed by atoms with Crippen molar-refractivity contribution >= 4 is 29.1 Å². The molecule has 0 radical (unpaired) electrons. The van der Waals surface area contributed by atoms with Gasteiger partial charge in [0.2, 0.25) is 11.8 Å². The van der Waals surface area contributed by atoms with E-state index in [1.165, 1.54) is 6.92 Å². The molecule has 2 aromatic rings. The Morgan fingerprint density at radius 2 is 1.50 bits per heavy atom. The minimum Gasteiger partial charge on any atom is -0.347 e. The summed E-state index contributed by atoms with van der Waals surface area (Å²) in [5.41, 5.74) is 3.48. The van der Waals surface area contributed by atoms with Gasteiger partial charge in [0.05, 0.1) is 6.54 Å². The topological polar surface area (TPSA) is 78.5 Å². The number of benzene rings is 2. The lowest BCUT2D eigenvalue weighted by Gasteiger charge is -2.45. The SMILES string of the molecule is CC(=O)NCC(=O)N(c1ccc(C)cc1)C1(C(=O)Nc2c(C)cccc2C)CCCCC1. The standard InChI is InChI=1S/C26H33N3O3/c1-18-11-13-22(14-12-18)29(23(31)17-27-21(4)30)26(15-6-5-7-16-26)25(32)28-24-19(2)9-8-10-20(24)3/h8-14H,5-7,15-17H2,1-4H3,(H,27,30)(H,28,32). The van der Waals surface area contributed by atoms with E-state index < -0.39 is 5.54 Å². The highest BCUT2D eigenvalue weighted by Crippen LogP contribution is 2.39. The van der Waals surface area contributed by atoms with Crippen LogP contribution in [0.2, 0.25) is 0 Å². The molecule has 3 rings (SSSR count). The molecule has 0 saturated heterocycles. The van der Waals surface area contributed by atoms with Gasteiger partial charge in [-0.1, -0.05) is 55.2 Å². The summed E-state index contributed by atoms with van der Waals surface area (Å²) in [6.07, 6.45) is 3.89. The lowest BCUT2D eigenvalue weighted by molar-refractivity contribution is -0.128. The van der Waals surface area contributed by atoms with Crippen LogP contribution in [0.4, 0.5) is 11.4 Å². The largest absolute Gasteiger partial charge is 0.347 e. The highest BCUT2D eigenvalue weighted by atomic mass is 16.2. The third-order valence-corrected chi connectivity index (χ3v) is 6.28. The van der Waals surface area contributed by atoms with E-state index in [2.05, 4.69) is 10.6 Å². The number of rotatable bonds is 6. The number of nitrogens with one attached hydrogen (secondary N) is 2. The summed E-state index contributed by atoms with van der Waals surface area (Å²) in [5, 5.41) is 5.76. The molecule has 0 aromatic heterocycles. The number of para-hydroxylation sites is 1. The first-order chi connectivity index (χ1) is 15.2. The van der Waals surface area contributed by atoms with Crippen molar-refractivity contribution in [2.45, 2.75) is 65.3 Å². The first kappa shape index (κ1) is 23.5. The number of aryl methyl sites for hydroxylation is 3. The fourth-order valence-electron chi connectivity index (χ4n) is 4.53. The first-order valence-corrected chi connectivity index (χ1v) is 11.3. The van der Waals surface area contributed by atoms with Crippen LogP contribution in [-0.4, -0.2) is 29.8 Å². The second-order valence-electron chi connectivity index (χ2n) is 8.79. The number of nitrogens with zero attached hydrogens (tertiary/aromatic N) is 1. The quantitative estimate of drug-likeness (QED) is 0.705. The zero-order valence-electron chi connectivity index (χ0n) is 19.5. The second kappa shape index (κ2) is 9.98. The van der Waals surface area contributed by atoms with E-state index >= 15 is 0 Å². The second-order valence-corrected chi connectivity index (χ2v) is 8.79. The van der Waals surface area contributed by atoms with E-state index in [1.807, 2.05) is 63.2 Å². The molecule has 32 heavy (non-hydrogen) atoms. The summed E-state index contributed by atoms with van der Waals surface area (Å²) in [6, 6.07) is 13.5. The summed E-state index contributed by atoms with van der Waals surface area (Å²) < 4.78 is 0. The maximum atomic E-state index is 13.9. The lowest BCUT2D eigenvalue weighted by Crippen LogP contribution is -2.62. The van der Waals surface area contributed by atoms with Gasteiger partial charge >= 0.3 is 0 Å².